The van der Waals surface area contributed by atoms with E-state index in [-0.39, 0.29) is 0 Å². The summed E-state index contributed by atoms with van der Waals surface area (Å²) < 4.78 is 61.4. The van der Waals surface area contributed by atoms with Crippen LogP contribution in [-0.2, 0) is 0 Å². The molecule has 0 saturated carbocycles. The quantitative estimate of drug-likeness (QED) is 0.552. The highest BCUT2D eigenvalue weighted by atomic mass is 19.3. The van der Waals surface area contributed by atoms with Gasteiger partial charge < -0.3 is 5.73 Å². The minimum Gasteiger partial charge on any atom is -0.395 e. The first-order valence-electron chi connectivity index (χ1n) is 2.73. The zero-order valence-electron chi connectivity index (χ0n) is 5.47. The Morgan fingerprint density at radius 3 is 1.58 bits per heavy atom. The first-order valence-corrected chi connectivity index (χ1v) is 2.73. The number of rotatable bonds is 0. The molecule has 1 rings (SSSR count). The van der Waals surface area contributed by atoms with Crippen LogP contribution in [0, 0.1) is 5.41 Å². The van der Waals surface area contributed by atoms with Crippen molar-refractivity contribution < 1.29 is 22.0 Å². The maximum atomic E-state index is 12.3. The molecule has 1 aliphatic carbocycles. The molecule has 0 saturated heterocycles. The molecule has 0 aromatic heterocycles. The Hall–Kier alpha value is -1.14. The summed E-state index contributed by atoms with van der Waals surface area (Å²) in [5.41, 5.74) is 0.414. The highest BCUT2D eigenvalue weighted by Gasteiger charge is 2.68. The Bertz CT molecular complexity index is 280. The molecule has 0 aromatic rings. The Labute approximate surface area is 63.4 Å². The van der Waals surface area contributed by atoms with E-state index in [1.165, 1.54) is 0 Å². The van der Waals surface area contributed by atoms with E-state index in [0.29, 0.717) is 0 Å². The van der Waals surface area contributed by atoms with Gasteiger partial charge in [-0.1, -0.05) is 0 Å². The summed E-state index contributed by atoms with van der Waals surface area (Å²) >= 11 is 0. The van der Waals surface area contributed by atoms with Crippen molar-refractivity contribution in [3.8, 4) is 0 Å². The molecule has 0 fully saturated rings. The van der Waals surface area contributed by atoms with Crippen LogP contribution in [0.5, 0.6) is 0 Å². The molecule has 12 heavy (non-hydrogen) atoms. The molecule has 3 N–H and O–H groups in total. The van der Waals surface area contributed by atoms with Crippen molar-refractivity contribution in [3.63, 3.8) is 0 Å². The number of allylic oxidation sites excluding steroid dienone is 2. The summed E-state index contributed by atoms with van der Waals surface area (Å²) in [5.74, 6) is -11.7. The standard InChI is InChI=1S/C5H3F5N2/c6-1-2(11)4(7,8)5(9,10)3(1)12/h11H,12H2. The summed E-state index contributed by atoms with van der Waals surface area (Å²) in [6, 6.07) is 0. The lowest BCUT2D eigenvalue weighted by Crippen LogP contribution is -2.43. The molecule has 0 aliphatic heterocycles. The summed E-state index contributed by atoms with van der Waals surface area (Å²) in [4.78, 5) is 0. The van der Waals surface area contributed by atoms with Crippen LogP contribution in [0.4, 0.5) is 22.0 Å². The van der Waals surface area contributed by atoms with Crippen LogP contribution >= 0.6 is 0 Å². The van der Waals surface area contributed by atoms with Crippen molar-refractivity contribution in [1.29, 1.82) is 5.41 Å². The van der Waals surface area contributed by atoms with Crippen molar-refractivity contribution in [2.24, 2.45) is 5.73 Å². The van der Waals surface area contributed by atoms with Gasteiger partial charge in [-0.2, -0.15) is 17.6 Å². The van der Waals surface area contributed by atoms with Crippen molar-refractivity contribution in [2.75, 3.05) is 0 Å². The molecule has 0 amide bonds. The highest BCUT2D eigenvalue weighted by Crippen LogP contribution is 2.47. The second kappa shape index (κ2) is 1.96. The Kier molecular flexibility index (Phi) is 1.46. The van der Waals surface area contributed by atoms with Gasteiger partial charge in [0.05, 0.1) is 0 Å². The molecule has 7 heteroatoms. The largest absolute Gasteiger partial charge is 0.395 e. The van der Waals surface area contributed by atoms with Crippen molar-refractivity contribution in [3.05, 3.63) is 11.5 Å². The topological polar surface area (TPSA) is 49.9 Å². The van der Waals surface area contributed by atoms with Crippen molar-refractivity contribution in [1.82, 2.24) is 0 Å². The fourth-order valence-electron chi connectivity index (χ4n) is 0.736. The van der Waals surface area contributed by atoms with Gasteiger partial charge in [0.1, 0.15) is 11.4 Å². The van der Waals surface area contributed by atoms with Gasteiger partial charge in [-0.05, 0) is 0 Å². The number of nitrogens with one attached hydrogen (secondary N) is 1. The monoisotopic (exact) mass is 186 g/mol. The normalized spacial score (nSPS) is 26.6. The van der Waals surface area contributed by atoms with Gasteiger partial charge in [-0.25, -0.2) is 4.39 Å². The van der Waals surface area contributed by atoms with Crippen molar-refractivity contribution in [2.45, 2.75) is 11.8 Å². The predicted molar refractivity (Wildman–Crippen MR) is 29.9 cm³/mol. The molecule has 1 aliphatic rings. The van der Waals surface area contributed by atoms with Crippen LogP contribution in [0.3, 0.4) is 0 Å². The van der Waals surface area contributed by atoms with Gasteiger partial charge in [-0.3, -0.25) is 5.41 Å². The van der Waals surface area contributed by atoms with Gasteiger partial charge in [0.25, 0.3) is 0 Å². The van der Waals surface area contributed by atoms with E-state index in [2.05, 4.69) is 5.73 Å². The molecule has 0 aromatic carbocycles. The van der Waals surface area contributed by atoms with Crippen molar-refractivity contribution >= 4 is 5.71 Å². The SMILES string of the molecule is N=C1C(F)=C(N)C(F)(F)C1(F)F. The molecule has 0 radical (unpaired) electrons. The molecule has 2 nitrogen and oxygen atoms in total. The third-order valence-electron chi connectivity index (χ3n) is 1.50. The van der Waals surface area contributed by atoms with Gasteiger partial charge >= 0.3 is 11.8 Å². The van der Waals surface area contributed by atoms with E-state index >= 15 is 0 Å². The lowest BCUT2D eigenvalue weighted by atomic mass is 10.2. The highest BCUT2D eigenvalue weighted by molar-refractivity contribution is 6.06. The molecule has 0 bridgehead atoms. The zero-order valence-corrected chi connectivity index (χ0v) is 5.47. The third kappa shape index (κ3) is 0.705. The van der Waals surface area contributed by atoms with E-state index in [4.69, 9.17) is 5.41 Å². The first-order chi connectivity index (χ1) is 5.23. The van der Waals surface area contributed by atoms with Crippen LogP contribution in [0.1, 0.15) is 0 Å². The smallest absolute Gasteiger partial charge is 0.359 e. The minimum absolute atomic E-state index is 1.88. The average Bonchev–Trinajstić information content (AvgIpc) is 2.05. The first kappa shape index (κ1) is 8.95. The van der Waals surface area contributed by atoms with Crippen LogP contribution in [0.2, 0.25) is 0 Å². The van der Waals surface area contributed by atoms with Crippen LogP contribution in [0.25, 0.3) is 0 Å². The van der Waals surface area contributed by atoms with Crippen LogP contribution in [-0.4, -0.2) is 17.6 Å². The second-order valence-electron chi connectivity index (χ2n) is 2.25. The van der Waals surface area contributed by atoms with E-state index in [1.54, 1.807) is 0 Å². The molecule has 0 atom stereocenters. The summed E-state index contributed by atoms with van der Waals surface area (Å²) in [6.45, 7) is 0. The number of alkyl halides is 4. The van der Waals surface area contributed by atoms with Crippen LogP contribution in [0.15, 0.2) is 11.5 Å². The molecule has 68 valence electrons. The molecule has 0 unspecified atom stereocenters. The summed E-state index contributed by atoms with van der Waals surface area (Å²) in [7, 11) is 0. The number of hydrogen-bond donors (Lipinski definition) is 2. The Morgan fingerprint density at radius 2 is 1.50 bits per heavy atom. The van der Waals surface area contributed by atoms with E-state index in [9.17, 15) is 22.0 Å². The fraction of sp³-hybridized carbons (Fsp3) is 0.400. The fourth-order valence-corrected chi connectivity index (χ4v) is 0.736. The maximum Gasteiger partial charge on any atom is 0.359 e. The number of hydrogen-bond acceptors (Lipinski definition) is 2. The van der Waals surface area contributed by atoms with E-state index in [1.807, 2.05) is 0 Å². The maximum absolute atomic E-state index is 12.3. The van der Waals surface area contributed by atoms with Gasteiger partial charge in [0, 0.05) is 0 Å². The van der Waals surface area contributed by atoms with E-state index < -0.39 is 29.1 Å². The van der Waals surface area contributed by atoms with Gasteiger partial charge in [0.15, 0.2) is 5.83 Å². The molecule has 0 heterocycles. The summed E-state index contributed by atoms with van der Waals surface area (Å²) in [5, 5.41) is 6.30. The molecule has 0 spiro atoms. The second-order valence-corrected chi connectivity index (χ2v) is 2.25. The lowest BCUT2D eigenvalue weighted by molar-refractivity contribution is -0.135. The molecular formula is C5H3F5N2. The van der Waals surface area contributed by atoms with Crippen LogP contribution < -0.4 is 5.73 Å². The van der Waals surface area contributed by atoms with Gasteiger partial charge in [0.2, 0.25) is 0 Å². The summed E-state index contributed by atoms with van der Waals surface area (Å²) in [6.07, 6.45) is 0. The number of halogens is 5. The molecular weight excluding hydrogens is 183 g/mol. The minimum atomic E-state index is -4.83. The van der Waals surface area contributed by atoms with Gasteiger partial charge in [-0.15, -0.1) is 0 Å². The Morgan fingerprint density at radius 1 is 1.08 bits per heavy atom. The predicted octanol–water partition coefficient (Wildman–Crippen LogP) is 1.43. The third-order valence-corrected chi connectivity index (χ3v) is 1.50. The zero-order chi connectivity index (χ0) is 9.73. The lowest BCUT2D eigenvalue weighted by Gasteiger charge is -2.18. The number of nitrogens with two attached hydrogens (primary N) is 1. The Balaban J connectivity index is 3.31. The average molecular weight is 186 g/mol. The van der Waals surface area contributed by atoms with E-state index in [0.717, 1.165) is 0 Å².